The van der Waals surface area contributed by atoms with Gasteiger partial charge < -0.3 is 4.74 Å². The van der Waals surface area contributed by atoms with E-state index in [1.54, 1.807) is 6.92 Å². The van der Waals surface area contributed by atoms with Crippen LogP contribution in [0.15, 0.2) is 12.2 Å². The van der Waals surface area contributed by atoms with Crippen molar-refractivity contribution in [2.75, 3.05) is 0 Å². The molecule has 0 radical (unpaired) electrons. The average molecular weight is 248 g/mol. The lowest BCUT2D eigenvalue weighted by atomic mass is 9.63. The summed E-state index contributed by atoms with van der Waals surface area (Å²) in [7, 11) is 0. The van der Waals surface area contributed by atoms with E-state index >= 15 is 0 Å². The summed E-state index contributed by atoms with van der Waals surface area (Å²) in [6.45, 7) is 5.49. The maximum atomic E-state index is 11.9. The Morgan fingerprint density at radius 2 is 1.78 bits per heavy atom. The first-order valence-corrected chi connectivity index (χ1v) is 7.51. The number of esters is 1. The molecule has 0 aromatic carbocycles. The molecular formula is C16H24O2. The van der Waals surface area contributed by atoms with Crippen molar-refractivity contribution >= 4 is 5.97 Å². The molecule has 0 amide bonds. The SMILES string of the molecule is C=C(C)C(=O)OC12CCCC3CCCC(CC1)C32. The van der Waals surface area contributed by atoms with Crippen LogP contribution in [0.2, 0.25) is 0 Å². The van der Waals surface area contributed by atoms with Gasteiger partial charge in [-0.3, -0.25) is 0 Å². The van der Waals surface area contributed by atoms with Crippen molar-refractivity contribution in [3.8, 4) is 0 Å². The van der Waals surface area contributed by atoms with E-state index in [0.29, 0.717) is 11.5 Å². The molecule has 2 heteroatoms. The Morgan fingerprint density at radius 1 is 1.11 bits per heavy atom. The number of carbonyl (C=O) groups excluding carboxylic acids is 1. The van der Waals surface area contributed by atoms with Gasteiger partial charge in [0.05, 0.1) is 0 Å². The third-order valence-electron chi connectivity index (χ3n) is 5.53. The molecule has 0 aliphatic heterocycles. The minimum atomic E-state index is -0.165. The molecule has 18 heavy (non-hydrogen) atoms. The lowest BCUT2D eigenvalue weighted by molar-refractivity contribution is -0.169. The summed E-state index contributed by atoms with van der Waals surface area (Å²) in [5.74, 6) is 2.13. The molecule has 0 aromatic heterocycles. The quantitative estimate of drug-likeness (QED) is 0.548. The molecule has 3 fully saturated rings. The van der Waals surface area contributed by atoms with Gasteiger partial charge in [-0.05, 0) is 50.9 Å². The van der Waals surface area contributed by atoms with Gasteiger partial charge in [0.2, 0.25) is 0 Å². The summed E-state index contributed by atoms with van der Waals surface area (Å²) in [6.07, 6.45) is 10.1. The van der Waals surface area contributed by atoms with Crippen LogP contribution in [0.5, 0.6) is 0 Å². The predicted molar refractivity (Wildman–Crippen MR) is 71.0 cm³/mol. The Kier molecular flexibility index (Phi) is 2.99. The van der Waals surface area contributed by atoms with Gasteiger partial charge in [-0.1, -0.05) is 25.8 Å². The van der Waals surface area contributed by atoms with Crippen molar-refractivity contribution in [3.63, 3.8) is 0 Å². The van der Waals surface area contributed by atoms with Gasteiger partial charge in [0, 0.05) is 11.5 Å². The Morgan fingerprint density at radius 3 is 2.50 bits per heavy atom. The largest absolute Gasteiger partial charge is 0.455 e. The molecule has 0 aromatic rings. The van der Waals surface area contributed by atoms with Gasteiger partial charge in [0.25, 0.3) is 0 Å². The third-order valence-corrected chi connectivity index (χ3v) is 5.53. The van der Waals surface area contributed by atoms with Gasteiger partial charge in [0.15, 0.2) is 0 Å². The topological polar surface area (TPSA) is 26.3 Å². The molecule has 3 saturated carbocycles. The van der Waals surface area contributed by atoms with Crippen LogP contribution in [-0.2, 0) is 9.53 Å². The van der Waals surface area contributed by atoms with E-state index in [2.05, 4.69) is 6.58 Å². The minimum Gasteiger partial charge on any atom is -0.455 e. The van der Waals surface area contributed by atoms with Gasteiger partial charge in [-0.2, -0.15) is 0 Å². The smallest absolute Gasteiger partial charge is 0.333 e. The van der Waals surface area contributed by atoms with Crippen LogP contribution in [0.3, 0.4) is 0 Å². The van der Waals surface area contributed by atoms with Crippen molar-refractivity contribution in [1.82, 2.24) is 0 Å². The third kappa shape index (κ3) is 1.81. The molecule has 100 valence electrons. The molecule has 3 rings (SSSR count). The maximum Gasteiger partial charge on any atom is 0.333 e. The second-order valence-corrected chi connectivity index (χ2v) is 6.64. The van der Waals surface area contributed by atoms with E-state index in [-0.39, 0.29) is 11.6 Å². The zero-order chi connectivity index (χ0) is 12.8. The minimum absolute atomic E-state index is 0.121. The predicted octanol–water partition coefficient (Wildman–Crippen LogP) is 3.85. The van der Waals surface area contributed by atoms with Crippen molar-refractivity contribution in [2.24, 2.45) is 17.8 Å². The Hall–Kier alpha value is -0.790. The van der Waals surface area contributed by atoms with Crippen LogP contribution in [0.25, 0.3) is 0 Å². The lowest BCUT2D eigenvalue weighted by Crippen LogP contribution is -2.48. The molecule has 0 bridgehead atoms. The van der Waals surface area contributed by atoms with Crippen molar-refractivity contribution in [3.05, 3.63) is 12.2 Å². The number of carbonyl (C=O) groups is 1. The van der Waals surface area contributed by atoms with Crippen LogP contribution in [0, 0.1) is 17.8 Å². The Balaban J connectivity index is 1.85. The molecule has 0 heterocycles. The fraction of sp³-hybridized carbons (Fsp3) is 0.812. The number of hydrogen-bond donors (Lipinski definition) is 0. The number of rotatable bonds is 2. The van der Waals surface area contributed by atoms with Crippen LogP contribution >= 0.6 is 0 Å². The fourth-order valence-corrected chi connectivity index (χ4v) is 4.89. The Labute approximate surface area is 110 Å². The highest BCUT2D eigenvalue weighted by Gasteiger charge is 2.56. The molecule has 2 nitrogen and oxygen atoms in total. The molecule has 3 aliphatic carbocycles. The molecule has 4 unspecified atom stereocenters. The van der Waals surface area contributed by atoms with E-state index in [0.717, 1.165) is 24.7 Å². The first kappa shape index (κ1) is 12.3. The van der Waals surface area contributed by atoms with Crippen molar-refractivity contribution in [2.45, 2.75) is 63.9 Å². The lowest BCUT2D eigenvalue weighted by Gasteiger charge is -2.47. The molecule has 0 saturated heterocycles. The van der Waals surface area contributed by atoms with E-state index in [4.69, 9.17) is 4.74 Å². The summed E-state index contributed by atoms with van der Waals surface area (Å²) in [4.78, 5) is 11.9. The standard InChI is InChI=1S/C16H24O2/c1-11(2)15(17)18-16-9-4-7-12-5-3-6-13(8-10-16)14(12)16/h12-14H,1,3-10H2,2H3. The van der Waals surface area contributed by atoms with Gasteiger partial charge in [0.1, 0.15) is 5.60 Å². The Bertz CT molecular complexity index is 371. The second kappa shape index (κ2) is 4.40. The maximum absolute atomic E-state index is 11.9. The van der Waals surface area contributed by atoms with E-state index in [9.17, 15) is 4.79 Å². The zero-order valence-corrected chi connectivity index (χ0v) is 11.4. The summed E-state index contributed by atoms with van der Waals surface area (Å²) in [5, 5.41) is 0. The number of ether oxygens (including phenoxy) is 1. The first-order chi connectivity index (χ1) is 8.62. The summed E-state index contributed by atoms with van der Waals surface area (Å²) < 4.78 is 5.96. The van der Waals surface area contributed by atoms with E-state index in [1.807, 2.05) is 0 Å². The van der Waals surface area contributed by atoms with Crippen LogP contribution < -0.4 is 0 Å². The first-order valence-electron chi connectivity index (χ1n) is 7.51. The number of hydrogen-bond acceptors (Lipinski definition) is 2. The molecule has 0 N–H and O–H groups in total. The van der Waals surface area contributed by atoms with Crippen LogP contribution in [-0.4, -0.2) is 11.6 Å². The van der Waals surface area contributed by atoms with Crippen LogP contribution in [0.4, 0.5) is 0 Å². The van der Waals surface area contributed by atoms with E-state index in [1.165, 1.54) is 38.5 Å². The van der Waals surface area contributed by atoms with Crippen LogP contribution in [0.1, 0.15) is 58.3 Å². The summed E-state index contributed by atoms with van der Waals surface area (Å²) >= 11 is 0. The highest BCUT2D eigenvalue weighted by atomic mass is 16.6. The summed E-state index contributed by atoms with van der Waals surface area (Å²) in [6, 6.07) is 0. The molecule has 3 aliphatic rings. The normalized spacial score (nSPS) is 42.2. The zero-order valence-electron chi connectivity index (χ0n) is 11.4. The van der Waals surface area contributed by atoms with Crippen molar-refractivity contribution < 1.29 is 9.53 Å². The summed E-state index contributed by atoms with van der Waals surface area (Å²) in [5.41, 5.74) is 0.426. The molecule has 0 spiro atoms. The van der Waals surface area contributed by atoms with E-state index < -0.39 is 0 Å². The highest BCUT2D eigenvalue weighted by Crippen LogP contribution is 2.58. The molecule has 4 atom stereocenters. The van der Waals surface area contributed by atoms with Crippen molar-refractivity contribution in [1.29, 1.82) is 0 Å². The highest BCUT2D eigenvalue weighted by molar-refractivity contribution is 5.87. The van der Waals surface area contributed by atoms with Gasteiger partial charge in [-0.15, -0.1) is 0 Å². The molecular weight excluding hydrogens is 224 g/mol. The van der Waals surface area contributed by atoms with Gasteiger partial charge >= 0.3 is 5.97 Å². The second-order valence-electron chi connectivity index (χ2n) is 6.64. The monoisotopic (exact) mass is 248 g/mol. The fourth-order valence-electron chi connectivity index (χ4n) is 4.89. The average Bonchev–Trinajstić information content (AvgIpc) is 2.71. The van der Waals surface area contributed by atoms with Gasteiger partial charge in [-0.25, -0.2) is 4.79 Å².